The van der Waals surface area contributed by atoms with E-state index >= 15 is 0 Å². The summed E-state index contributed by atoms with van der Waals surface area (Å²) in [6, 6.07) is 74.4. The lowest BCUT2D eigenvalue weighted by molar-refractivity contribution is 0.803. The zero-order valence-corrected chi connectivity index (χ0v) is 35.8. The topological polar surface area (TPSA) is 0 Å². The van der Waals surface area contributed by atoms with E-state index in [1.807, 2.05) is 11.3 Å². The first-order valence-electron chi connectivity index (χ1n) is 22.6. The van der Waals surface area contributed by atoms with Gasteiger partial charge in [0.25, 0.3) is 0 Å². The number of hydrogen-bond acceptors (Lipinski definition) is 1. The summed E-state index contributed by atoms with van der Waals surface area (Å²) in [5, 5.41) is 14.3. The highest BCUT2D eigenvalue weighted by atomic mass is 32.1. The van der Waals surface area contributed by atoms with Gasteiger partial charge in [0.2, 0.25) is 0 Å². The Morgan fingerprint density at radius 2 is 0.906 bits per heavy atom. The molecule has 64 heavy (non-hydrogen) atoms. The molecule has 0 saturated carbocycles. The average molecular weight is 827 g/mol. The van der Waals surface area contributed by atoms with Gasteiger partial charge in [-0.3, -0.25) is 0 Å². The molecule has 0 nitrogen and oxygen atoms in total. The molecule has 0 amide bonds. The molecule has 296 valence electrons. The first-order chi connectivity index (χ1) is 31.8. The van der Waals surface area contributed by atoms with Gasteiger partial charge in [0.05, 0.1) is 5.41 Å². The molecule has 11 aromatic carbocycles. The molecule has 1 heterocycles. The molecule has 12 aromatic rings. The Balaban J connectivity index is 1.05. The lowest BCUT2D eigenvalue weighted by Gasteiger charge is -2.32. The summed E-state index contributed by atoms with van der Waals surface area (Å²) in [5.41, 5.74) is 16.9. The lowest BCUT2D eigenvalue weighted by Crippen LogP contribution is -2.26. The zero-order valence-electron chi connectivity index (χ0n) is 35.0. The van der Waals surface area contributed by atoms with Crippen molar-refractivity contribution in [2.75, 3.05) is 0 Å². The van der Waals surface area contributed by atoms with Gasteiger partial charge in [-0.15, -0.1) is 11.3 Å². The lowest BCUT2D eigenvalue weighted by atomic mass is 9.69. The van der Waals surface area contributed by atoms with Crippen LogP contribution in [0.1, 0.15) is 39.1 Å². The molecule has 15 rings (SSSR count). The maximum Gasteiger partial charge on any atom is 0.0731 e. The summed E-state index contributed by atoms with van der Waals surface area (Å²) in [4.78, 5) is 1.51. The van der Waals surface area contributed by atoms with Crippen molar-refractivity contribution in [1.82, 2.24) is 0 Å². The third-order valence-electron chi connectivity index (χ3n) is 15.0. The molecule has 3 aliphatic carbocycles. The summed E-state index contributed by atoms with van der Waals surface area (Å²) < 4.78 is 1.38. The predicted molar refractivity (Wildman–Crippen MR) is 274 cm³/mol. The molecule has 3 aliphatic rings. The van der Waals surface area contributed by atoms with E-state index < -0.39 is 5.41 Å². The Kier molecular flexibility index (Phi) is 6.97. The predicted octanol–water partition coefficient (Wildman–Crippen LogP) is 17.3. The monoisotopic (exact) mass is 826 g/mol. The molecule has 0 N–H and O–H groups in total. The quantitative estimate of drug-likeness (QED) is 0.120. The molecule has 0 unspecified atom stereocenters. The van der Waals surface area contributed by atoms with E-state index in [9.17, 15) is 0 Å². The normalized spacial score (nSPS) is 14.2. The minimum Gasteiger partial charge on any atom is -0.140 e. The van der Waals surface area contributed by atoms with Crippen LogP contribution in [-0.4, -0.2) is 0 Å². The van der Waals surface area contributed by atoms with E-state index in [2.05, 4.69) is 206 Å². The van der Waals surface area contributed by atoms with Gasteiger partial charge in [0, 0.05) is 15.0 Å². The maximum absolute atomic E-state index is 2.53. The molecule has 0 saturated heterocycles. The van der Waals surface area contributed by atoms with E-state index in [0.29, 0.717) is 0 Å². The molecule has 0 atom stereocenters. The van der Waals surface area contributed by atoms with Crippen molar-refractivity contribution in [2.24, 2.45) is 0 Å². The van der Waals surface area contributed by atoms with Gasteiger partial charge in [0.15, 0.2) is 0 Å². The molecule has 1 aromatic heterocycles. The Hall–Kier alpha value is -7.58. The van der Waals surface area contributed by atoms with E-state index in [-0.39, 0.29) is 0 Å². The Morgan fingerprint density at radius 3 is 1.56 bits per heavy atom. The standard InChI is InChI=1S/C63H38S/c1-2-16-38-36-56-53(33-37(38)15-1)61-45-21-4-3-17-41(45)51-34-39(29-31-50(51)62(61)63(56)54-26-12-9-18-42(54)43-19-10-13-27-55(43)63)59-46-22-5-7-24-48(46)60(49-25-8-6-23-47(49)59)40-30-32-58-52(35-40)44-20-11-14-28-57(44)64-58/h1-13,15-27,29-36H,14,28H2. The fourth-order valence-corrected chi connectivity index (χ4v) is 13.7. The number of thiophene rings is 1. The molecule has 0 radical (unpaired) electrons. The number of benzene rings is 11. The average Bonchev–Trinajstić information content (AvgIpc) is 3.98. The second kappa shape index (κ2) is 12.8. The minimum absolute atomic E-state index is 0.481. The number of rotatable bonds is 2. The van der Waals surface area contributed by atoms with Crippen molar-refractivity contribution in [3.8, 4) is 44.5 Å². The van der Waals surface area contributed by atoms with Crippen LogP contribution >= 0.6 is 11.3 Å². The van der Waals surface area contributed by atoms with Gasteiger partial charge < -0.3 is 0 Å². The molecular formula is C63H38S. The summed E-state index contributed by atoms with van der Waals surface area (Å²) in [5.74, 6) is 0. The zero-order chi connectivity index (χ0) is 41.7. The van der Waals surface area contributed by atoms with Crippen molar-refractivity contribution >= 4 is 81.4 Å². The molecule has 0 fully saturated rings. The highest BCUT2D eigenvalue weighted by Crippen LogP contribution is 2.66. The fraction of sp³-hybridized carbons (Fsp3) is 0.0476. The van der Waals surface area contributed by atoms with Gasteiger partial charge in [0.1, 0.15) is 0 Å². The van der Waals surface area contributed by atoms with Crippen LogP contribution in [0.15, 0.2) is 200 Å². The highest BCUT2D eigenvalue weighted by Gasteiger charge is 2.53. The van der Waals surface area contributed by atoms with Gasteiger partial charge in [-0.05, 0) is 169 Å². The van der Waals surface area contributed by atoms with Crippen molar-refractivity contribution in [3.05, 3.63) is 233 Å². The second-order valence-electron chi connectivity index (χ2n) is 18.1. The van der Waals surface area contributed by atoms with Crippen LogP contribution in [0.3, 0.4) is 0 Å². The Morgan fingerprint density at radius 1 is 0.375 bits per heavy atom. The SMILES string of the molecule is C1=Cc2c(sc3ccc(-c4c5ccccc5c(-c5ccc6c7c(c8ccccc8c6c5)-c5cc6ccccc6cc5C75c6ccccc6-c6ccccc65)c5ccccc45)cc23)CC1. The first-order valence-corrected chi connectivity index (χ1v) is 23.5. The van der Waals surface area contributed by atoms with E-state index in [1.165, 1.54) is 141 Å². The highest BCUT2D eigenvalue weighted by molar-refractivity contribution is 7.19. The van der Waals surface area contributed by atoms with E-state index in [4.69, 9.17) is 0 Å². The third-order valence-corrected chi connectivity index (χ3v) is 16.3. The number of hydrogen-bond donors (Lipinski definition) is 0. The van der Waals surface area contributed by atoms with Gasteiger partial charge >= 0.3 is 0 Å². The van der Waals surface area contributed by atoms with E-state index in [1.54, 1.807) is 0 Å². The van der Waals surface area contributed by atoms with Crippen LogP contribution in [0.2, 0.25) is 0 Å². The second-order valence-corrected chi connectivity index (χ2v) is 19.2. The molecular weight excluding hydrogens is 789 g/mol. The third kappa shape index (κ3) is 4.42. The van der Waals surface area contributed by atoms with Crippen molar-refractivity contribution < 1.29 is 0 Å². The Labute approximate surface area is 375 Å². The van der Waals surface area contributed by atoms with Gasteiger partial charge in [-0.25, -0.2) is 0 Å². The van der Waals surface area contributed by atoms with Crippen LogP contribution in [-0.2, 0) is 11.8 Å². The summed E-state index contributed by atoms with van der Waals surface area (Å²) in [7, 11) is 0. The number of allylic oxidation sites excluding steroid dienone is 1. The summed E-state index contributed by atoms with van der Waals surface area (Å²) >= 11 is 1.96. The van der Waals surface area contributed by atoms with Crippen LogP contribution in [0.25, 0.3) is 115 Å². The molecule has 0 aliphatic heterocycles. The smallest absolute Gasteiger partial charge is 0.0731 e. The van der Waals surface area contributed by atoms with Crippen LogP contribution in [0.5, 0.6) is 0 Å². The van der Waals surface area contributed by atoms with Gasteiger partial charge in [-0.2, -0.15) is 0 Å². The minimum atomic E-state index is -0.481. The van der Waals surface area contributed by atoms with Crippen molar-refractivity contribution in [3.63, 3.8) is 0 Å². The van der Waals surface area contributed by atoms with Crippen molar-refractivity contribution in [2.45, 2.75) is 18.3 Å². The van der Waals surface area contributed by atoms with Gasteiger partial charge in [-0.1, -0.05) is 176 Å². The first kappa shape index (κ1) is 34.9. The van der Waals surface area contributed by atoms with Crippen LogP contribution in [0.4, 0.5) is 0 Å². The number of fused-ring (bicyclic) bond motifs is 21. The number of aryl methyl sites for hydroxylation is 1. The van der Waals surface area contributed by atoms with Crippen molar-refractivity contribution in [1.29, 1.82) is 0 Å². The summed E-state index contributed by atoms with van der Waals surface area (Å²) in [6.07, 6.45) is 6.96. The fourth-order valence-electron chi connectivity index (χ4n) is 12.6. The molecule has 1 heteroatoms. The Bertz CT molecular complexity index is 3980. The maximum atomic E-state index is 2.53. The van der Waals surface area contributed by atoms with Crippen LogP contribution < -0.4 is 0 Å². The van der Waals surface area contributed by atoms with E-state index in [0.717, 1.165) is 12.8 Å². The van der Waals surface area contributed by atoms with Crippen LogP contribution in [0, 0.1) is 0 Å². The molecule has 1 spiro atoms. The largest absolute Gasteiger partial charge is 0.140 e. The summed E-state index contributed by atoms with van der Waals surface area (Å²) in [6.45, 7) is 0. The molecule has 0 bridgehead atoms.